The topological polar surface area (TPSA) is 68.0 Å². The normalized spacial score (nSPS) is 12.8. The van der Waals surface area contributed by atoms with E-state index in [4.69, 9.17) is 5.11 Å². The Labute approximate surface area is 92.7 Å². The van der Waals surface area contributed by atoms with Gasteiger partial charge in [-0.15, -0.1) is 0 Å². The molecule has 0 radical (unpaired) electrons. The van der Waals surface area contributed by atoms with E-state index in [1.165, 1.54) is 4.80 Å². The molecular formula is C11H13N3O2. The van der Waals surface area contributed by atoms with E-state index >= 15 is 0 Å². The summed E-state index contributed by atoms with van der Waals surface area (Å²) in [6, 6.07) is 6.69. The lowest BCUT2D eigenvalue weighted by Crippen LogP contribution is -2.21. The number of nitrogens with zero attached hydrogens (tertiary/aromatic N) is 3. The number of benzene rings is 1. The molecule has 5 nitrogen and oxygen atoms in total. The van der Waals surface area contributed by atoms with E-state index in [2.05, 4.69) is 10.2 Å². The van der Waals surface area contributed by atoms with Crippen molar-refractivity contribution in [3.63, 3.8) is 0 Å². The Hall–Kier alpha value is -1.91. The van der Waals surface area contributed by atoms with Crippen LogP contribution < -0.4 is 0 Å². The van der Waals surface area contributed by atoms with Gasteiger partial charge in [0.25, 0.3) is 0 Å². The standard InChI is InChI=1S/C11H13N3O2/c1-2-5-10(11(15)16)14-12-8-6-3-4-7-9(8)13-14/h3-4,6-7,10H,2,5H2,1H3,(H,15,16). The molecule has 16 heavy (non-hydrogen) atoms. The fourth-order valence-electron chi connectivity index (χ4n) is 1.63. The van der Waals surface area contributed by atoms with Crippen molar-refractivity contribution >= 4 is 17.0 Å². The first-order valence-corrected chi connectivity index (χ1v) is 5.26. The highest BCUT2D eigenvalue weighted by atomic mass is 16.4. The van der Waals surface area contributed by atoms with Crippen LogP contribution >= 0.6 is 0 Å². The molecule has 0 saturated carbocycles. The van der Waals surface area contributed by atoms with Crippen molar-refractivity contribution in [2.75, 3.05) is 0 Å². The minimum Gasteiger partial charge on any atom is -0.480 e. The number of rotatable bonds is 4. The second-order valence-electron chi connectivity index (χ2n) is 3.65. The summed E-state index contributed by atoms with van der Waals surface area (Å²) in [6.45, 7) is 1.94. The smallest absolute Gasteiger partial charge is 0.330 e. The molecule has 0 bridgehead atoms. The van der Waals surface area contributed by atoms with E-state index in [1.807, 2.05) is 31.2 Å². The summed E-state index contributed by atoms with van der Waals surface area (Å²) in [5.74, 6) is -0.887. The Bertz CT molecular complexity index is 474. The number of carbonyl (C=O) groups is 1. The van der Waals surface area contributed by atoms with E-state index < -0.39 is 12.0 Å². The van der Waals surface area contributed by atoms with E-state index in [1.54, 1.807) is 0 Å². The van der Waals surface area contributed by atoms with Crippen LogP contribution in [0.15, 0.2) is 24.3 Å². The summed E-state index contributed by atoms with van der Waals surface area (Å²) in [7, 11) is 0. The van der Waals surface area contributed by atoms with Gasteiger partial charge in [0.05, 0.1) is 0 Å². The summed E-state index contributed by atoms with van der Waals surface area (Å²) >= 11 is 0. The van der Waals surface area contributed by atoms with Crippen molar-refractivity contribution in [3.05, 3.63) is 24.3 Å². The third-order valence-electron chi connectivity index (χ3n) is 2.43. The van der Waals surface area contributed by atoms with Crippen molar-refractivity contribution in [2.45, 2.75) is 25.8 Å². The van der Waals surface area contributed by atoms with Crippen molar-refractivity contribution in [2.24, 2.45) is 0 Å². The largest absolute Gasteiger partial charge is 0.480 e. The van der Waals surface area contributed by atoms with Gasteiger partial charge in [-0.1, -0.05) is 25.5 Å². The fourth-order valence-corrected chi connectivity index (χ4v) is 1.63. The van der Waals surface area contributed by atoms with Gasteiger partial charge in [0, 0.05) is 0 Å². The number of aliphatic carboxylic acids is 1. The second kappa shape index (κ2) is 4.30. The lowest BCUT2D eigenvalue weighted by atomic mass is 10.2. The summed E-state index contributed by atoms with van der Waals surface area (Å²) in [5, 5.41) is 17.4. The minimum absolute atomic E-state index is 0.538. The molecule has 1 aromatic carbocycles. The highest BCUT2D eigenvalue weighted by molar-refractivity contribution is 5.75. The average molecular weight is 219 g/mol. The Morgan fingerprint density at radius 3 is 2.38 bits per heavy atom. The van der Waals surface area contributed by atoms with E-state index in [-0.39, 0.29) is 0 Å². The minimum atomic E-state index is -0.887. The molecule has 2 aromatic rings. The van der Waals surface area contributed by atoms with E-state index in [0.717, 1.165) is 17.5 Å². The maximum absolute atomic E-state index is 11.1. The summed E-state index contributed by atoms with van der Waals surface area (Å²) < 4.78 is 0. The maximum atomic E-state index is 11.1. The fraction of sp³-hybridized carbons (Fsp3) is 0.364. The Morgan fingerprint density at radius 2 is 1.94 bits per heavy atom. The molecular weight excluding hydrogens is 206 g/mol. The molecule has 0 aliphatic rings. The lowest BCUT2D eigenvalue weighted by molar-refractivity contribution is -0.141. The predicted molar refractivity (Wildman–Crippen MR) is 59.1 cm³/mol. The molecule has 0 saturated heterocycles. The van der Waals surface area contributed by atoms with Gasteiger partial charge in [-0.3, -0.25) is 0 Å². The Kier molecular flexibility index (Phi) is 2.85. The highest BCUT2D eigenvalue weighted by Gasteiger charge is 2.20. The van der Waals surface area contributed by atoms with E-state index in [0.29, 0.717) is 6.42 Å². The van der Waals surface area contributed by atoms with Gasteiger partial charge in [-0.25, -0.2) is 4.79 Å². The first kappa shape index (κ1) is 10.6. The van der Waals surface area contributed by atoms with Crippen LogP contribution in [0.3, 0.4) is 0 Å². The van der Waals surface area contributed by atoms with Crippen molar-refractivity contribution < 1.29 is 9.90 Å². The summed E-state index contributed by atoms with van der Waals surface area (Å²) in [4.78, 5) is 12.4. The van der Waals surface area contributed by atoms with Crippen LogP contribution in [0.25, 0.3) is 11.0 Å². The third-order valence-corrected chi connectivity index (χ3v) is 2.43. The number of hydrogen-bond acceptors (Lipinski definition) is 3. The lowest BCUT2D eigenvalue weighted by Gasteiger charge is -2.08. The van der Waals surface area contributed by atoms with Crippen molar-refractivity contribution in [3.8, 4) is 0 Å². The molecule has 1 heterocycles. The Morgan fingerprint density at radius 1 is 1.38 bits per heavy atom. The third kappa shape index (κ3) is 1.88. The maximum Gasteiger partial charge on any atom is 0.330 e. The molecule has 2 rings (SSSR count). The molecule has 1 N–H and O–H groups in total. The summed E-state index contributed by atoms with van der Waals surface area (Å²) in [5.41, 5.74) is 1.45. The zero-order valence-corrected chi connectivity index (χ0v) is 9.00. The summed E-state index contributed by atoms with van der Waals surface area (Å²) in [6.07, 6.45) is 1.32. The predicted octanol–water partition coefficient (Wildman–Crippen LogP) is 1.86. The number of carboxylic acid groups (broad SMARTS) is 1. The number of hydrogen-bond donors (Lipinski definition) is 1. The van der Waals surface area contributed by atoms with Crippen LogP contribution in [-0.4, -0.2) is 26.1 Å². The van der Waals surface area contributed by atoms with Crippen LogP contribution in [0, 0.1) is 0 Å². The van der Waals surface area contributed by atoms with Gasteiger partial charge in [0.1, 0.15) is 11.0 Å². The van der Waals surface area contributed by atoms with Crippen LogP contribution in [0.2, 0.25) is 0 Å². The SMILES string of the molecule is CCCC(C(=O)O)n1nc2ccccc2n1. The van der Waals surface area contributed by atoms with Gasteiger partial charge in [-0.2, -0.15) is 15.0 Å². The monoisotopic (exact) mass is 219 g/mol. The molecule has 0 fully saturated rings. The first-order chi connectivity index (χ1) is 7.72. The van der Waals surface area contributed by atoms with Gasteiger partial charge in [0.15, 0.2) is 6.04 Å². The van der Waals surface area contributed by atoms with Crippen molar-refractivity contribution in [1.29, 1.82) is 0 Å². The van der Waals surface area contributed by atoms with Crippen LogP contribution in [0.4, 0.5) is 0 Å². The van der Waals surface area contributed by atoms with Gasteiger partial charge >= 0.3 is 5.97 Å². The zero-order valence-electron chi connectivity index (χ0n) is 9.00. The van der Waals surface area contributed by atoms with Crippen LogP contribution in [-0.2, 0) is 4.79 Å². The zero-order chi connectivity index (χ0) is 11.5. The Balaban J connectivity index is 2.40. The van der Waals surface area contributed by atoms with E-state index in [9.17, 15) is 4.79 Å². The van der Waals surface area contributed by atoms with Crippen LogP contribution in [0.5, 0.6) is 0 Å². The average Bonchev–Trinajstić information content (AvgIpc) is 2.68. The number of carboxylic acids is 1. The van der Waals surface area contributed by atoms with Gasteiger partial charge in [-0.05, 0) is 18.6 Å². The van der Waals surface area contributed by atoms with Crippen LogP contribution in [0.1, 0.15) is 25.8 Å². The molecule has 0 amide bonds. The quantitative estimate of drug-likeness (QED) is 0.852. The molecule has 5 heteroatoms. The number of fused-ring (bicyclic) bond motifs is 1. The molecule has 1 atom stereocenters. The molecule has 0 aliphatic heterocycles. The van der Waals surface area contributed by atoms with Crippen molar-refractivity contribution in [1.82, 2.24) is 15.0 Å². The molecule has 1 unspecified atom stereocenters. The highest BCUT2D eigenvalue weighted by Crippen LogP contribution is 2.15. The van der Waals surface area contributed by atoms with Gasteiger partial charge in [0.2, 0.25) is 0 Å². The number of aromatic nitrogens is 3. The molecule has 1 aromatic heterocycles. The molecule has 0 spiro atoms. The van der Waals surface area contributed by atoms with Gasteiger partial charge < -0.3 is 5.11 Å². The second-order valence-corrected chi connectivity index (χ2v) is 3.65. The molecule has 84 valence electrons. The molecule has 0 aliphatic carbocycles. The first-order valence-electron chi connectivity index (χ1n) is 5.26.